The molecule has 0 fully saturated rings. The zero-order valence-electron chi connectivity index (χ0n) is 16.5. The first kappa shape index (κ1) is 26.0. The van der Waals surface area contributed by atoms with Gasteiger partial charge in [0.1, 0.15) is 9.78 Å². The first-order valence-corrected chi connectivity index (χ1v) is 10.2. The van der Waals surface area contributed by atoms with E-state index in [1.807, 2.05) is 32.9 Å². The fraction of sp³-hybridized carbons (Fsp3) is 0.333. The van der Waals surface area contributed by atoms with Gasteiger partial charge in [0.25, 0.3) is 15.2 Å². The average molecular weight is 486 g/mol. The number of thiazole rings is 1. The van der Waals surface area contributed by atoms with Crippen LogP contribution in [0.1, 0.15) is 36.8 Å². The number of anilines is 1. The Bertz CT molecular complexity index is 908. The second kappa shape index (κ2) is 10.6. The average Bonchev–Trinajstić information content (AvgIpc) is 3.02. The molecular formula is C18H25N2O4S2Y-. The predicted octanol–water partition coefficient (Wildman–Crippen LogP) is 4.49. The van der Waals surface area contributed by atoms with Gasteiger partial charge < -0.3 is 17.3 Å². The number of nitrogens with zero attached hydrogens (tertiary/aromatic N) is 2. The summed E-state index contributed by atoms with van der Waals surface area (Å²) in [6.07, 6.45) is 0. The van der Waals surface area contributed by atoms with Gasteiger partial charge in [0.05, 0.1) is 7.11 Å². The van der Waals surface area contributed by atoms with E-state index in [-0.39, 0.29) is 63.2 Å². The molecule has 0 amide bonds. The molecule has 1 aliphatic heterocycles. The molecule has 147 valence electrons. The van der Waals surface area contributed by atoms with Gasteiger partial charge in [-0.3, -0.25) is 0 Å². The van der Waals surface area contributed by atoms with Gasteiger partial charge in [0.2, 0.25) is 0 Å². The van der Waals surface area contributed by atoms with Crippen LogP contribution in [0, 0.1) is 14.4 Å². The maximum atomic E-state index is 13.0. The summed E-state index contributed by atoms with van der Waals surface area (Å²) < 4.78 is 32.3. The number of hydrogen-bond donors (Lipinski definition) is 1. The second-order valence-corrected chi connectivity index (χ2v) is 7.76. The zero-order chi connectivity index (χ0) is 18.8. The molecule has 2 aromatic rings. The molecule has 3 rings (SSSR count). The van der Waals surface area contributed by atoms with Gasteiger partial charge in [0.15, 0.2) is 11.6 Å². The van der Waals surface area contributed by atoms with Gasteiger partial charge in [-0.1, -0.05) is 49.4 Å². The molecular weight excluding hydrogens is 461 g/mol. The molecule has 9 heteroatoms. The monoisotopic (exact) mass is 486 g/mol. The molecule has 0 bridgehead atoms. The van der Waals surface area contributed by atoms with Crippen LogP contribution in [0.5, 0.6) is 5.19 Å². The van der Waals surface area contributed by atoms with Crippen molar-refractivity contribution in [1.82, 2.24) is 4.98 Å². The summed E-state index contributed by atoms with van der Waals surface area (Å²) in [6, 6.07) is 7.07. The third kappa shape index (κ3) is 4.55. The van der Waals surface area contributed by atoms with Crippen LogP contribution in [0.15, 0.2) is 24.3 Å². The second-order valence-electron chi connectivity index (χ2n) is 5.00. The molecule has 2 heterocycles. The van der Waals surface area contributed by atoms with Crippen LogP contribution in [0.25, 0.3) is 10.7 Å². The van der Waals surface area contributed by atoms with Crippen LogP contribution < -0.4 is 9.04 Å². The number of hydrogen-bond acceptors (Lipinski definition) is 6. The molecule has 0 aliphatic carbocycles. The van der Waals surface area contributed by atoms with Crippen LogP contribution in [0.2, 0.25) is 0 Å². The number of ether oxygens (including phenoxy) is 1. The summed E-state index contributed by atoms with van der Waals surface area (Å²) >= 11 is 1.12. The van der Waals surface area contributed by atoms with Crippen LogP contribution in [-0.4, -0.2) is 32.2 Å². The SMILES string of the molecule is CC.CCN1c2nc(OC)sc2C(O)=C(c2ccccc2C)S1(=O)=O.[CH3-].[Y]. The first-order chi connectivity index (χ1) is 11.9. The maximum Gasteiger partial charge on any atom is 0.275 e. The summed E-state index contributed by atoms with van der Waals surface area (Å²) in [5.74, 6) is -0.0658. The summed E-state index contributed by atoms with van der Waals surface area (Å²) in [5.41, 5.74) is 1.26. The first-order valence-electron chi connectivity index (χ1n) is 7.99. The van der Waals surface area contributed by atoms with Crippen molar-refractivity contribution in [3.63, 3.8) is 0 Å². The standard InChI is InChI=1S/C15H16N2O4S2.C2H6.CH3.Y/c1-4-17-14-12(22-15(16-14)21-3)11(18)13(23(17,19)20)10-8-6-5-7-9(10)2;1-2;;/h5-8,18H,4H2,1-3H3;1-2H3;1H3;/q;;-1;. The Labute approximate surface area is 191 Å². The number of methoxy groups -OCH3 is 1. The van der Waals surface area contributed by atoms with Gasteiger partial charge in [-0.2, -0.15) is 4.98 Å². The number of aliphatic hydroxyl groups is 1. The Morgan fingerprint density at radius 1 is 1.26 bits per heavy atom. The number of aryl methyl sites for hydroxylation is 1. The topological polar surface area (TPSA) is 79.7 Å². The van der Waals surface area contributed by atoms with E-state index in [2.05, 4.69) is 4.98 Å². The van der Waals surface area contributed by atoms with Crippen molar-refractivity contribution in [2.75, 3.05) is 18.0 Å². The number of benzene rings is 1. The van der Waals surface area contributed by atoms with E-state index in [1.165, 1.54) is 11.4 Å². The van der Waals surface area contributed by atoms with Crippen molar-refractivity contribution in [2.45, 2.75) is 27.7 Å². The van der Waals surface area contributed by atoms with E-state index < -0.39 is 10.0 Å². The minimum Gasteiger partial charge on any atom is -0.505 e. The summed E-state index contributed by atoms with van der Waals surface area (Å²) in [5, 5.41) is 11.0. The van der Waals surface area contributed by atoms with E-state index >= 15 is 0 Å². The van der Waals surface area contributed by atoms with Crippen molar-refractivity contribution >= 4 is 37.8 Å². The molecule has 1 N–H and O–H groups in total. The molecule has 1 aromatic heterocycles. The maximum absolute atomic E-state index is 13.0. The largest absolute Gasteiger partial charge is 0.505 e. The molecule has 6 nitrogen and oxygen atoms in total. The van der Waals surface area contributed by atoms with E-state index in [1.54, 1.807) is 19.1 Å². The molecule has 27 heavy (non-hydrogen) atoms. The molecule has 0 atom stereocenters. The fourth-order valence-corrected chi connectivity index (χ4v) is 5.30. The molecule has 0 unspecified atom stereocenters. The minimum absolute atomic E-state index is 0. The molecule has 0 saturated heterocycles. The Hall–Kier alpha value is -0.956. The Kier molecular flexibility index (Phi) is 10.2. The van der Waals surface area contributed by atoms with Gasteiger partial charge in [0, 0.05) is 44.8 Å². The van der Waals surface area contributed by atoms with Gasteiger partial charge in [-0.05, 0) is 19.4 Å². The number of aliphatic hydroxyl groups excluding tert-OH is 1. The quantitative estimate of drug-likeness (QED) is 0.647. The number of aromatic nitrogens is 1. The van der Waals surface area contributed by atoms with Crippen LogP contribution in [0.4, 0.5) is 5.82 Å². The third-order valence-electron chi connectivity index (χ3n) is 3.66. The van der Waals surface area contributed by atoms with Gasteiger partial charge >= 0.3 is 0 Å². The molecule has 1 aliphatic rings. The van der Waals surface area contributed by atoms with E-state index in [9.17, 15) is 13.5 Å². The van der Waals surface area contributed by atoms with Crippen molar-refractivity contribution in [2.24, 2.45) is 0 Å². The normalized spacial score (nSPS) is 14.2. The van der Waals surface area contributed by atoms with E-state index in [0.29, 0.717) is 15.6 Å². The zero-order valence-corrected chi connectivity index (χ0v) is 20.9. The fourth-order valence-electron chi connectivity index (χ4n) is 2.57. The van der Waals surface area contributed by atoms with Crippen LogP contribution in [0.3, 0.4) is 0 Å². The molecule has 1 radical (unpaired) electrons. The van der Waals surface area contributed by atoms with Crippen molar-refractivity contribution in [1.29, 1.82) is 0 Å². The van der Waals surface area contributed by atoms with Crippen molar-refractivity contribution in [3.8, 4) is 5.19 Å². The van der Waals surface area contributed by atoms with Gasteiger partial charge in [-0.25, -0.2) is 12.7 Å². The van der Waals surface area contributed by atoms with E-state index in [0.717, 1.165) is 16.9 Å². The number of fused-ring (bicyclic) bond motifs is 1. The smallest absolute Gasteiger partial charge is 0.275 e. The summed E-state index contributed by atoms with van der Waals surface area (Å²) in [6.45, 7) is 7.75. The van der Waals surface area contributed by atoms with E-state index in [4.69, 9.17) is 4.74 Å². The third-order valence-corrected chi connectivity index (χ3v) is 6.61. The number of rotatable bonds is 3. The Morgan fingerprint density at radius 2 is 1.85 bits per heavy atom. The number of sulfonamides is 1. The van der Waals surface area contributed by atoms with Crippen LogP contribution >= 0.6 is 11.3 Å². The summed E-state index contributed by atoms with van der Waals surface area (Å²) in [7, 11) is -2.44. The molecule has 1 aromatic carbocycles. The minimum atomic E-state index is -3.90. The Balaban J connectivity index is 0.00000164. The van der Waals surface area contributed by atoms with Gasteiger partial charge in [-0.15, -0.1) is 0 Å². The predicted molar refractivity (Wildman–Crippen MR) is 109 cm³/mol. The Morgan fingerprint density at radius 3 is 2.37 bits per heavy atom. The van der Waals surface area contributed by atoms with Crippen molar-refractivity contribution < 1.29 is 51.0 Å². The van der Waals surface area contributed by atoms with Crippen molar-refractivity contribution in [3.05, 3.63) is 47.7 Å². The van der Waals surface area contributed by atoms with Crippen LogP contribution in [-0.2, 0) is 42.7 Å². The molecule has 0 saturated carbocycles. The summed E-state index contributed by atoms with van der Waals surface area (Å²) in [4.78, 5) is 4.48. The molecule has 0 spiro atoms.